The molecule has 33 heavy (non-hydrogen) atoms. The van der Waals surface area contributed by atoms with Crippen LogP contribution in [0.3, 0.4) is 0 Å². The van der Waals surface area contributed by atoms with Gasteiger partial charge in [-0.15, -0.1) is 0 Å². The van der Waals surface area contributed by atoms with Gasteiger partial charge < -0.3 is 4.74 Å². The zero-order valence-corrected chi connectivity index (χ0v) is 18.0. The number of aromatic nitrogens is 2. The third-order valence-corrected chi connectivity index (χ3v) is 4.97. The minimum absolute atomic E-state index is 0.214. The van der Waals surface area contributed by atoms with Gasteiger partial charge >= 0.3 is 0 Å². The predicted octanol–water partition coefficient (Wildman–Crippen LogP) is 3.70. The monoisotopic (exact) mass is 440 g/mol. The molecule has 0 fully saturated rings. The smallest absolute Gasteiger partial charge is 0.276 e. The van der Waals surface area contributed by atoms with Crippen LogP contribution in [0.4, 0.5) is 0 Å². The van der Waals surface area contributed by atoms with E-state index in [-0.39, 0.29) is 18.9 Å². The summed E-state index contributed by atoms with van der Waals surface area (Å²) in [5.41, 5.74) is 8.60. The Labute approximate surface area is 192 Å². The molecule has 3 aromatic carbocycles. The first kappa shape index (κ1) is 21.8. The van der Waals surface area contributed by atoms with Crippen LogP contribution in [0.1, 0.15) is 12.0 Å². The number of hydrogen-bond acceptors (Lipinski definition) is 4. The van der Waals surface area contributed by atoms with Gasteiger partial charge in [0.15, 0.2) is 6.61 Å². The topological polar surface area (TPSA) is 85.3 Å². The predicted molar refractivity (Wildman–Crippen MR) is 126 cm³/mol. The molecule has 0 aliphatic heterocycles. The van der Waals surface area contributed by atoms with Crippen LogP contribution < -0.4 is 15.6 Å². The average Bonchev–Trinajstić information content (AvgIpc) is 3.35. The van der Waals surface area contributed by atoms with Crippen LogP contribution >= 0.6 is 0 Å². The lowest BCUT2D eigenvalue weighted by atomic mass is 10.1. The van der Waals surface area contributed by atoms with Crippen molar-refractivity contribution < 1.29 is 14.3 Å². The summed E-state index contributed by atoms with van der Waals surface area (Å²) in [4.78, 5) is 24.3. The van der Waals surface area contributed by atoms with E-state index in [2.05, 4.69) is 16.0 Å². The maximum atomic E-state index is 12.1. The fourth-order valence-electron chi connectivity index (χ4n) is 3.30. The van der Waals surface area contributed by atoms with Crippen LogP contribution in [0.2, 0.25) is 0 Å². The minimum Gasteiger partial charge on any atom is -0.483 e. The standard InChI is InChI=1S/C26H24N4O3/c31-25(16-15-20-17-27-30(18-20)22-11-5-2-6-12-22)28-29-26(32)19-33-24-14-8-7-13-23(24)21-9-3-1-4-10-21/h1-14,17-18H,15-16,19H2,(H,28,31)(H,29,32). The second-order valence-corrected chi connectivity index (χ2v) is 7.38. The Balaban J connectivity index is 1.22. The van der Waals surface area contributed by atoms with Crippen molar-refractivity contribution in [2.24, 2.45) is 0 Å². The van der Waals surface area contributed by atoms with Crippen molar-refractivity contribution in [3.63, 3.8) is 0 Å². The Morgan fingerprint density at radius 1 is 0.818 bits per heavy atom. The summed E-state index contributed by atoms with van der Waals surface area (Å²) >= 11 is 0. The molecule has 0 saturated carbocycles. The number of nitrogens with one attached hydrogen (secondary N) is 2. The minimum atomic E-state index is -0.442. The molecule has 0 aliphatic carbocycles. The number of rotatable bonds is 8. The maximum Gasteiger partial charge on any atom is 0.276 e. The van der Waals surface area contributed by atoms with Crippen molar-refractivity contribution in [2.75, 3.05) is 6.61 Å². The van der Waals surface area contributed by atoms with E-state index in [9.17, 15) is 9.59 Å². The second-order valence-electron chi connectivity index (χ2n) is 7.38. The first-order valence-electron chi connectivity index (χ1n) is 10.6. The highest BCUT2D eigenvalue weighted by atomic mass is 16.5. The fraction of sp³-hybridized carbons (Fsp3) is 0.115. The molecule has 0 unspecified atom stereocenters. The van der Waals surface area contributed by atoms with Crippen LogP contribution in [0.25, 0.3) is 16.8 Å². The number of nitrogens with zero attached hydrogens (tertiary/aromatic N) is 2. The van der Waals surface area contributed by atoms with Gasteiger partial charge in [0.1, 0.15) is 5.75 Å². The van der Waals surface area contributed by atoms with E-state index in [0.717, 1.165) is 22.4 Å². The summed E-state index contributed by atoms with van der Waals surface area (Å²) in [6.07, 6.45) is 4.35. The van der Waals surface area contributed by atoms with Gasteiger partial charge in [-0.3, -0.25) is 20.4 Å². The van der Waals surface area contributed by atoms with E-state index in [1.165, 1.54) is 0 Å². The van der Waals surface area contributed by atoms with Gasteiger partial charge in [-0.25, -0.2) is 4.68 Å². The Morgan fingerprint density at radius 2 is 1.48 bits per heavy atom. The molecule has 0 radical (unpaired) electrons. The van der Waals surface area contributed by atoms with Crippen molar-refractivity contribution in [3.05, 3.63) is 103 Å². The fourth-order valence-corrected chi connectivity index (χ4v) is 3.30. The van der Waals surface area contributed by atoms with Crippen molar-refractivity contribution in [3.8, 4) is 22.6 Å². The lowest BCUT2D eigenvalue weighted by Gasteiger charge is -2.12. The van der Waals surface area contributed by atoms with Crippen molar-refractivity contribution in [1.82, 2.24) is 20.6 Å². The summed E-state index contributed by atoms with van der Waals surface area (Å²) in [6.45, 7) is -0.214. The molecule has 4 rings (SSSR count). The molecule has 2 N–H and O–H groups in total. The highest BCUT2D eigenvalue weighted by Crippen LogP contribution is 2.29. The molecule has 4 aromatic rings. The van der Waals surface area contributed by atoms with E-state index >= 15 is 0 Å². The third kappa shape index (κ3) is 6.07. The zero-order chi connectivity index (χ0) is 22.9. The van der Waals surface area contributed by atoms with Gasteiger partial charge in [0, 0.05) is 18.2 Å². The molecule has 0 spiro atoms. The lowest BCUT2D eigenvalue weighted by Crippen LogP contribution is -2.43. The van der Waals surface area contributed by atoms with Gasteiger partial charge in [0.05, 0.1) is 11.9 Å². The molecule has 1 heterocycles. The molecular weight excluding hydrogens is 416 g/mol. The number of amides is 2. The van der Waals surface area contributed by atoms with Crippen molar-refractivity contribution in [2.45, 2.75) is 12.8 Å². The number of carbonyl (C=O) groups excluding carboxylic acids is 2. The van der Waals surface area contributed by atoms with E-state index < -0.39 is 5.91 Å². The summed E-state index contributed by atoms with van der Waals surface area (Å²) in [6, 6.07) is 27.0. The first-order valence-corrected chi connectivity index (χ1v) is 10.6. The molecule has 0 atom stereocenters. The largest absolute Gasteiger partial charge is 0.483 e. The van der Waals surface area contributed by atoms with Crippen LogP contribution in [-0.2, 0) is 16.0 Å². The molecule has 0 saturated heterocycles. The van der Waals surface area contributed by atoms with E-state index in [0.29, 0.717) is 12.2 Å². The molecule has 0 aliphatic rings. The van der Waals surface area contributed by atoms with Crippen LogP contribution in [-0.4, -0.2) is 28.2 Å². The normalized spacial score (nSPS) is 10.4. The Kier molecular flexibility index (Phi) is 7.12. The number of para-hydroxylation sites is 2. The highest BCUT2D eigenvalue weighted by molar-refractivity contribution is 5.83. The highest BCUT2D eigenvalue weighted by Gasteiger charge is 2.10. The Bertz CT molecular complexity index is 1210. The summed E-state index contributed by atoms with van der Waals surface area (Å²) in [5.74, 6) is -0.135. The number of hydrazine groups is 1. The Hall–Kier alpha value is -4.39. The van der Waals surface area contributed by atoms with Crippen LogP contribution in [0, 0.1) is 0 Å². The van der Waals surface area contributed by atoms with E-state index in [1.54, 1.807) is 10.9 Å². The Morgan fingerprint density at radius 3 is 2.27 bits per heavy atom. The number of hydrogen-bond donors (Lipinski definition) is 2. The third-order valence-electron chi connectivity index (χ3n) is 4.97. The second kappa shape index (κ2) is 10.8. The summed E-state index contributed by atoms with van der Waals surface area (Å²) in [5, 5.41) is 4.32. The molecule has 166 valence electrons. The number of benzene rings is 3. The van der Waals surface area contributed by atoms with Crippen LogP contribution in [0.5, 0.6) is 5.75 Å². The van der Waals surface area contributed by atoms with Crippen molar-refractivity contribution >= 4 is 11.8 Å². The quantitative estimate of drug-likeness (QED) is 0.409. The van der Waals surface area contributed by atoms with Gasteiger partial charge in [0.2, 0.25) is 5.91 Å². The molecule has 2 amide bonds. The van der Waals surface area contributed by atoms with Crippen LogP contribution in [0.15, 0.2) is 97.3 Å². The number of aryl methyl sites for hydroxylation is 1. The van der Waals surface area contributed by atoms with E-state index in [1.807, 2.05) is 91.1 Å². The molecule has 0 bridgehead atoms. The molecular formula is C26H24N4O3. The average molecular weight is 441 g/mol. The summed E-state index contributed by atoms with van der Waals surface area (Å²) < 4.78 is 7.45. The van der Waals surface area contributed by atoms with Crippen molar-refractivity contribution in [1.29, 1.82) is 0 Å². The number of ether oxygens (including phenoxy) is 1. The number of carbonyl (C=O) groups is 2. The zero-order valence-electron chi connectivity index (χ0n) is 18.0. The lowest BCUT2D eigenvalue weighted by molar-refractivity contribution is -0.130. The van der Waals surface area contributed by atoms with E-state index in [4.69, 9.17) is 4.74 Å². The molecule has 7 nitrogen and oxygen atoms in total. The van der Waals surface area contributed by atoms with Gasteiger partial charge in [-0.05, 0) is 35.7 Å². The SMILES string of the molecule is O=C(CCc1cnn(-c2ccccc2)c1)NNC(=O)COc1ccccc1-c1ccccc1. The van der Waals surface area contributed by atoms with Gasteiger partial charge in [-0.1, -0.05) is 66.7 Å². The summed E-state index contributed by atoms with van der Waals surface area (Å²) in [7, 11) is 0. The maximum absolute atomic E-state index is 12.1. The van der Waals surface area contributed by atoms with Gasteiger partial charge in [0.25, 0.3) is 5.91 Å². The molecule has 7 heteroatoms. The molecule has 1 aromatic heterocycles. The van der Waals surface area contributed by atoms with Gasteiger partial charge in [-0.2, -0.15) is 5.10 Å². The first-order chi connectivity index (χ1) is 16.2.